The van der Waals surface area contributed by atoms with Crippen LogP contribution in [0.3, 0.4) is 0 Å². The van der Waals surface area contributed by atoms with Crippen molar-refractivity contribution in [1.82, 2.24) is 5.32 Å². The van der Waals surface area contributed by atoms with Crippen LogP contribution >= 0.6 is 12.2 Å². The summed E-state index contributed by atoms with van der Waals surface area (Å²) in [5.74, 6) is 0.359. The summed E-state index contributed by atoms with van der Waals surface area (Å²) in [5.41, 5.74) is 3.04. The van der Waals surface area contributed by atoms with Crippen molar-refractivity contribution in [3.05, 3.63) is 83.6 Å². The van der Waals surface area contributed by atoms with Crippen LogP contribution in [-0.4, -0.2) is 25.3 Å². The van der Waals surface area contributed by atoms with Crippen LogP contribution in [0.2, 0.25) is 0 Å². The summed E-state index contributed by atoms with van der Waals surface area (Å²) in [5, 5.41) is 6.09. The van der Waals surface area contributed by atoms with Crippen molar-refractivity contribution in [1.29, 1.82) is 0 Å². The van der Waals surface area contributed by atoms with Crippen LogP contribution in [0, 0.1) is 0 Å². The number of ether oxygens (including phenoxy) is 2. The Balaban J connectivity index is 1.82. The molecule has 0 radical (unpaired) electrons. The molecular formula is C24H22N2O3S. The molecule has 0 aliphatic carbocycles. The normalized spacial score (nSPS) is 16.4. The lowest BCUT2D eigenvalue weighted by Gasteiger charge is -2.37. The number of carbonyl (C=O) groups excluding carboxylic acids is 1. The number of fused-ring (bicyclic) bond motifs is 1. The molecule has 3 aromatic rings. The number of esters is 1. The Bertz CT molecular complexity index is 1150. The minimum Gasteiger partial charge on any atom is -0.497 e. The molecule has 4 rings (SSSR count). The Morgan fingerprint density at radius 3 is 2.37 bits per heavy atom. The first-order valence-electron chi connectivity index (χ1n) is 9.56. The van der Waals surface area contributed by atoms with Gasteiger partial charge in [-0.15, -0.1) is 0 Å². The molecule has 0 saturated carbocycles. The topological polar surface area (TPSA) is 50.8 Å². The van der Waals surface area contributed by atoms with E-state index in [1.54, 1.807) is 7.11 Å². The zero-order chi connectivity index (χ0) is 21.3. The van der Waals surface area contributed by atoms with Gasteiger partial charge in [-0.05, 0) is 65.8 Å². The number of anilines is 1. The van der Waals surface area contributed by atoms with Crippen molar-refractivity contribution >= 4 is 39.8 Å². The average molecular weight is 419 g/mol. The Labute approximate surface area is 180 Å². The summed E-state index contributed by atoms with van der Waals surface area (Å²) in [6, 6.07) is 21.4. The third kappa shape index (κ3) is 3.50. The number of nitrogens with one attached hydrogen (secondary N) is 1. The van der Waals surface area contributed by atoms with Crippen molar-refractivity contribution < 1.29 is 14.3 Å². The fourth-order valence-corrected chi connectivity index (χ4v) is 4.16. The summed E-state index contributed by atoms with van der Waals surface area (Å²) >= 11 is 5.69. The Hall–Kier alpha value is -3.38. The van der Waals surface area contributed by atoms with Gasteiger partial charge in [0.15, 0.2) is 5.11 Å². The van der Waals surface area contributed by atoms with Crippen LogP contribution in [0.25, 0.3) is 10.8 Å². The van der Waals surface area contributed by atoms with E-state index in [4.69, 9.17) is 21.7 Å². The van der Waals surface area contributed by atoms with Crippen molar-refractivity contribution in [2.24, 2.45) is 0 Å². The molecular weight excluding hydrogens is 396 g/mol. The number of hydrogen-bond donors (Lipinski definition) is 1. The third-order valence-electron chi connectivity index (χ3n) is 5.33. The number of rotatable bonds is 4. The minimum atomic E-state index is -0.399. The van der Waals surface area contributed by atoms with Crippen LogP contribution in [0.4, 0.5) is 5.69 Å². The largest absolute Gasteiger partial charge is 0.497 e. The molecule has 0 bridgehead atoms. The maximum atomic E-state index is 12.8. The van der Waals surface area contributed by atoms with E-state index in [1.165, 1.54) is 7.11 Å². The van der Waals surface area contributed by atoms with Crippen LogP contribution in [-0.2, 0) is 9.53 Å². The molecule has 1 aliphatic heterocycles. The lowest BCUT2D eigenvalue weighted by Crippen LogP contribution is -2.48. The van der Waals surface area contributed by atoms with Gasteiger partial charge in [0.25, 0.3) is 0 Å². The van der Waals surface area contributed by atoms with Gasteiger partial charge < -0.3 is 14.8 Å². The molecule has 1 aliphatic rings. The first-order valence-corrected chi connectivity index (χ1v) is 9.96. The van der Waals surface area contributed by atoms with Gasteiger partial charge in [0.2, 0.25) is 0 Å². The summed E-state index contributed by atoms with van der Waals surface area (Å²) in [4.78, 5) is 14.6. The summed E-state index contributed by atoms with van der Waals surface area (Å²) < 4.78 is 10.4. The molecule has 1 N–H and O–H groups in total. The van der Waals surface area contributed by atoms with Crippen molar-refractivity contribution in [3.63, 3.8) is 0 Å². The standard InChI is InChI=1S/C24H22N2O3S/c1-15-21(23(27)29-3)22(18-9-8-16-6-4-5-7-17(16)14-18)25-24(30)26(15)19-10-12-20(28-2)13-11-19/h4-14,22H,1-3H3,(H,25,30)/t22-/m0/s1. The molecule has 30 heavy (non-hydrogen) atoms. The molecule has 152 valence electrons. The number of carbonyl (C=O) groups is 1. The van der Waals surface area contributed by atoms with Crippen LogP contribution < -0.4 is 15.0 Å². The Morgan fingerprint density at radius 1 is 1.00 bits per heavy atom. The van der Waals surface area contributed by atoms with Gasteiger partial charge in [-0.1, -0.05) is 36.4 Å². The van der Waals surface area contributed by atoms with E-state index >= 15 is 0 Å². The number of benzene rings is 3. The first kappa shape index (κ1) is 19.9. The number of nitrogens with zero attached hydrogens (tertiary/aromatic N) is 1. The van der Waals surface area contributed by atoms with Crippen molar-refractivity contribution in [3.8, 4) is 5.75 Å². The molecule has 5 nitrogen and oxygen atoms in total. The van der Waals surface area contributed by atoms with E-state index in [1.807, 2.05) is 54.3 Å². The number of thiocarbonyl (C=S) groups is 1. The van der Waals surface area contributed by atoms with Gasteiger partial charge >= 0.3 is 5.97 Å². The predicted octanol–water partition coefficient (Wildman–Crippen LogP) is 4.73. The quantitative estimate of drug-likeness (QED) is 0.488. The second kappa shape index (κ2) is 8.16. The van der Waals surface area contributed by atoms with E-state index in [2.05, 4.69) is 29.6 Å². The second-order valence-corrected chi connectivity index (χ2v) is 7.40. The maximum absolute atomic E-state index is 12.8. The van der Waals surface area contributed by atoms with E-state index < -0.39 is 6.04 Å². The fraction of sp³-hybridized carbons (Fsp3) is 0.167. The number of methoxy groups -OCH3 is 2. The predicted molar refractivity (Wildman–Crippen MR) is 123 cm³/mol. The second-order valence-electron chi connectivity index (χ2n) is 7.01. The molecule has 0 fully saturated rings. The monoisotopic (exact) mass is 418 g/mol. The first-order chi connectivity index (χ1) is 14.5. The van der Waals surface area contributed by atoms with Gasteiger partial charge in [0.05, 0.1) is 25.8 Å². The van der Waals surface area contributed by atoms with E-state index in [0.29, 0.717) is 10.7 Å². The average Bonchev–Trinajstić information content (AvgIpc) is 2.78. The zero-order valence-corrected chi connectivity index (χ0v) is 17.8. The molecule has 6 heteroatoms. The van der Waals surface area contributed by atoms with Crippen LogP contribution in [0.1, 0.15) is 18.5 Å². The summed E-state index contributed by atoms with van der Waals surface area (Å²) in [6.07, 6.45) is 0. The van der Waals surface area contributed by atoms with Gasteiger partial charge in [0.1, 0.15) is 5.75 Å². The zero-order valence-electron chi connectivity index (χ0n) is 17.0. The van der Waals surface area contributed by atoms with E-state index in [9.17, 15) is 4.79 Å². The lowest BCUT2D eigenvalue weighted by molar-refractivity contribution is -0.136. The molecule has 0 aromatic heterocycles. The van der Waals surface area contributed by atoms with Crippen molar-refractivity contribution in [2.45, 2.75) is 13.0 Å². The number of allylic oxidation sites excluding steroid dienone is 1. The fourth-order valence-electron chi connectivity index (χ4n) is 3.80. The minimum absolute atomic E-state index is 0.390. The molecule has 0 amide bonds. The van der Waals surface area contributed by atoms with Gasteiger partial charge in [-0.25, -0.2) is 4.79 Å². The van der Waals surface area contributed by atoms with Gasteiger partial charge in [0, 0.05) is 11.4 Å². The summed E-state index contributed by atoms with van der Waals surface area (Å²) in [7, 11) is 3.02. The molecule has 3 aromatic carbocycles. The van der Waals surface area contributed by atoms with Crippen molar-refractivity contribution in [2.75, 3.05) is 19.1 Å². The van der Waals surface area contributed by atoms with E-state index in [-0.39, 0.29) is 5.97 Å². The van der Waals surface area contributed by atoms with Crippen LogP contribution in [0.15, 0.2) is 78.0 Å². The highest BCUT2D eigenvalue weighted by atomic mass is 32.1. The highest BCUT2D eigenvalue weighted by Crippen LogP contribution is 2.35. The molecule has 1 atom stereocenters. The maximum Gasteiger partial charge on any atom is 0.337 e. The SMILES string of the molecule is COC(=O)C1=C(C)N(c2ccc(OC)cc2)C(=S)N[C@H]1c1ccc2ccccc2c1. The summed E-state index contributed by atoms with van der Waals surface area (Å²) in [6.45, 7) is 1.89. The van der Waals surface area contributed by atoms with Crippen LogP contribution in [0.5, 0.6) is 5.75 Å². The lowest BCUT2D eigenvalue weighted by atomic mass is 9.93. The molecule has 0 unspecified atom stereocenters. The highest BCUT2D eigenvalue weighted by Gasteiger charge is 2.35. The molecule has 0 saturated heterocycles. The van der Waals surface area contributed by atoms with Gasteiger partial charge in [-0.3, -0.25) is 4.90 Å². The smallest absolute Gasteiger partial charge is 0.337 e. The Kier molecular flexibility index (Phi) is 5.42. The third-order valence-corrected chi connectivity index (χ3v) is 5.63. The van der Waals surface area contributed by atoms with E-state index in [0.717, 1.165) is 33.5 Å². The molecule has 1 heterocycles. The van der Waals surface area contributed by atoms with Gasteiger partial charge in [-0.2, -0.15) is 0 Å². The highest BCUT2D eigenvalue weighted by molar-refractivity contribution is 7.80. The molecule has 0 spiro atoms. The number of hydrogen-bond acceptors (Lipinski definition) is 4. The Morgan fingerprint density at radius 2 is 1.70 bits per heavy atom.